The number of rotatable bonds is 3. The van der Waals surface area contributed by atoms with Crippen molar-refractivity contribution < 1.29 is 4.39 Å². The number of aryl methyl sites for hydroxylation is 1. The number of hydrogen-bond donors (Lipinski definition) is 1. The van der Waals surface area contributed by atoms with Gasteiger partial charge in [-0.2, -0.15) is 4.37 Å². The normalized spacial score (nSPS) is 22.1. The highest BCUT2D eigenvalue weighted by molar-refractivity contribution is 7.09. The Kier molecular flexibility index (Phi) is 4.40. The molecule has 1 aliphatic heterocycles. The Labute approximate surface area is 134 Å². The van der Waals surface area contributed by atoms with Gasteiger partial charge in [-0.3, -0.25) is 0 Å². The van der Waals surface area contributed by atoms with Crippen molar-refractivity contribution in [2.45, 2.75) is 39.3 Å². The van der Waals surface area contributed by atoms with Gasteiger partial charge in [-0.15, -0.1) is 0 Å². The van der Waals surface area contributed by atoms with E-state index in [1.807, 2.05) is 6.07 Å². The molecule has 1 aliphatic rings. The minimum Gasteiger partial charge on any atom is -0.341 e. The summed E-state index contributed by atoms with van der Waals surface area (Å²) in [5.41, 5.74) is 1.71. The maximum absolute atomic E-state index is 13.3. The van der Waals surface area contributed by atoms with Gasteiger partial charge in [-0.25, -0.2) is 9.37 Å². The average Bonchev–Trinajstić information content (AvgIpc) is 2.94. The molecule has 0 amide bonds. The fraction of sp³-hybridized carbons (Fsp3) is 0.500. The fourth-order valence-corrected chi connectivity index (χ4v) is 3.52. The Morgan fingerprint density at radius 1 is 1.41 bits per heavy atom. The van der Waals surface area contributed by atoms with Crippen LogP contribution in [0.25, 0.3) is 0 Å². The van der Waals surface area contributed by atoms with Crippen LogP contribution in [0.3, 0.4) is 0 Å². The monoisotopic (exact) mass is 320 g/mol. The summed E-state index contributed by atoms with van der Waals surface area (Å²) in [6.45, 7) is 8.08. The van der Waals surface area contributed by atoms with Crippen molar-refractivity contribution in [3.8, 4) is 0 Å². The van der Waals surface area contributed by atoms with E-state index in [2.05, 4.69) is 33.4 Å². The van der Waals surface area contributed by atoms with E-state index in [1.165, 1.54) is 17.6 Å². The van der Waals surface area contributed by atoms with Gasteiger partial charge in [0.15, 0.2) is 0 Å². The maximum atomic E-state index is 13.3. The molecule has 2 heterocycles. The molecule has 1 aromatic heterocycles. The number of aromatic nitrogens is 2. The minimum atomic E-state index is -0.167. The molecule has 0 spiro atoms. The van der Waals surface area contributed by atoms with Crippen molar-refractivity contribution in [3.63, 3.8) is 0 Å². The van der Waals surface area contributed by atoms with Crippen LogP contribution < -0.4 is 10.2 Å². The molecule has 2 unspecified atom stereocenters. The predicted octanol–water partition coefficient (Wildman–Crippen LogP) is 2.76. The van der Waals surface area contributed by atoms with E-state index in [9.17, 15) is 4.39 Å². The fourth-order valence-electron chi connectivity index (χ4n) is 2.72. The van der Waals surface area contributed by atoms with E-state index in [0.717, 1.165) is 29.6 Å². The van der Waals surface area contributed by atoms with Crippen LogP contribution in [-0.4, -0.2) is 34.5 Å². The molecule has 2 atom stereocenters. The number of benzene rings is 1. The molecular weight excluding hydrogens is 299 g/mol. The topological polar surface area (TPSA) is 41.1 Å². The Morgan fingerprint density at radius 3 is 3.00 bits per heavy atom. The number of anilines is 1. The minimum absolute atomic E-state index is 0.167. The molecule has 1 fully saturated rings. The van der Waals surface area contributed by atoms with Gasteiger partial charge in [0.1, 0.15) is 11.6 Å². The van der Waals surface area contributed by atoms with Gasteiger partial charge in [0.25, 0.3) is 0 Å². The predicted molar refractivity (Wildman–Crippen MR) is 88.1 cm³/mol. The first kappa shape index (κ1) is 15.4. The van der Waals surface area contributed by atoms with E-state index in [4.69, 9.17) is 0 Å². The lowest BCUT2D eigenvalue weighted by Gasteiger charge is -2.37. The van der Waals surface area contributed by atoms with Crippen LogP contribution in [-0.2, 0) is 6.42 Å². The van der Waals surface area contributed by atoms with Crippen molar-refractivity contribution in [2.24, 2.45) is 0 Å². The van der Waals surface area contributed by atoms with E-state index in [-0.39, 0.29) is 5.82 Å². The van der Waals surface area contributed by atoms with Crippen LogP contribution in [0.5, 0.6) is 0 Å². The van der Waals surface area contributed by atoms with Gasteiger partial charge in [0, 0.05) is 43.1 Å². The highest BCUT2D eigenvalue weighted by Crippen LogP contribution is 2.23. The first-order valence-corrected chi connectivity index (χ1v) is 8.38. The van der Waals surface area contributed by atoms with Crippen LogP contribution in [0.15, 0.2) is 18.2 Å². The summed E-state index contributed by atoms with van der Waals surface area (Å²) in [6.07, 6.45) is 0.646. The third-order valence-electron chi connectivity index (χ3n) is 4.05. The Morgan fingerprint density at radius 2 is 2.23 bits per heavy atom. The molecule has 0 radical (unpaired) electrons. The molecular formula is C16H21FN4S. The number of nitrogens with one attached hydrogen (secondary N) is 1. The Hall–Kier alpha value is -1.53. The molecule has 1 saturated heterocycles. The first-order chi connectivity index (χ1) is 10.5. The molecule has 1 aromatic carbocycles. The molecule has 0 aliphatic carbocycles. The van der Waals surface area contributed by atoms with Crippen LogP contribution in [0, 0.1) is 12.7 Å². The molecule has 6 heteroatoms. The highest BCUT2D eigenvalue weighted by Gasteiger charge is 2.25. The highest BCUT2D eigenvalue weighted by atomic mass is 32.1. The van der Waals surface area contributed by atoms with Crippen LogP contribution >= 0.6 is 11.5 Å². The summed E-state index contributed by atoms with van der Waals surface area (Å²) in [5, 5.41) is 4.45. The molecule has 118 valence electrons. The Bertz CT molecular complexity index is 657. The second kappa shape index (κ2) is 6.30. The van der Waals surface area contributed by atoms with Crippen molar-refractivity contribution in [1.29, 1.82) is 0 Å². The van der Waals surface area contributed by atoms with Gasteiger partial charge >= 0.3 is 0 Å². The van der Waals surface area contributed by atoms with Gasteiger partial charge in [-0.1, -0.05) is 12.1 Å². The largest absolute Gasteiger partial charge is 0.341 e. The molecule has 0 bridgehead atoms. The summed E-state index contributed by atoms with van der Waals surface area (Å²) >= 11 is 1.45. The summed E-state index contributed by atoms with van der Waals surface area (Å²) in [4.78, 5) is 7.00. The average molecular weight is 320 g/mol. The second-order valence-electron chi connectivity index (χ2n) is 6.06. The number of halogens is 1. The zero-order chi connectivity index (χ0) is 15.7. The summed E-state index contributed by atoms with van der Waals surface area (Å²) in [7, 11) is 0. The first-order valence-electron chi connectivity index (χ1n) is 7.60. The SMILES string of the molecule is Cc1cc(Cc2nsc(N3CC(C)NCC3C)n2)ccc1F. The number of hydrogen-bond acceptors (Lipinski definition) is 5. The summed E-state index contributed by atoms with van der Waals surface area (Å²) < 4.78 is 17.8. The smallest absolute Gasteiger partial charge is 0.205 e. The van der Waals surface area contributed by atoms with E-state index in [0.29, 0.717) is 24.1 Å². The van der Waals surface area contributed by atoms with Crippen LogP contribution in [0.1, 0.15) is 30.8 Å². The lowest BCUT2D eigenvalue weighted by atomic mass is 10.1. The number of nitrogens with zero attached hydrogens (tertiary/aromatic N) is 3. The third kappa shape index (κ3) is 3.28. The van der Waals surface area contributed by atoms with Crippen molar-refractivity contribution in [1.82, 2.24) is 14.7 Å². The lowest BCUT2D eigenvalue weighted by Crippen LogP contribution is -2.54. The van der Waals surface area contributed by atoms with Gasteiger partial charge in [0.05, 0.1) is 0 Å². The maximum Gasteiger partial charge on any atom is 0.205 e. The van der Waals surface area contributed by atoms with E-state index < -0.39 is 0 Å². The van der Waals surface area contributed by atoms with Crippen molar-refractivity contribution in [3.05, 3.63) is 41.0 Å². The van der Waals surface area contributed by atoms with Crippen molar-refractivity contribution >= 4 is 16.7 Å². The van der Waals surface area contributed by atoms with Gasteiger partial charge in [0.2, 0.25) is 5.13 Å². The summed E-state index contributed by atoms with van der Waals surface area (Å²) in [5.74, 6) is 0.642. The molecule has 1 N–H and O–H groups in total. The quantitative estimate of drug-likeness (QED) is 0.944. The molecule has 4 nitrogen and oxygen atoms in total. The van der Waals surface area contributed by atoms with Crippen LogP contribution in [0.4, 0.5) is 9.52 Å². The Balaban J connectivity index is 1.74. The zero-order valence-electron chi connectivity index (χ0n) is 13.1. The second-order valence-corrected chi connectivity index (χ2v) is 6.79. The van der Waals surface area contributed by atoms with Gasteiger partial charge in [-0.05, 0) is 38.0 Å². The van der Waals surface area contributed by atoms with Gasteiger partial charge < -0.3 is 10.2 Å². The standard InChI is InChI=1S/C16H21FN4S/c1-10-6-13(4-5-14(10)17)7-15-19-16(22-20-15)21-9-11(2)18-8-12(21)3/h4-6,11-12,18H,7-9H2,1-3H3. The molecule has 0 saturated carbocycles. The van der Waals surface area contributed by atoms with E-state index >= 15 is 0 Å². The lowest BCUT2D eigenvalue weighted by molar-refractivity contribution is 0.424. The molecule has 3 rings (SSSR count). The van der Waals surface area contributed by atoms with E-state index in [1.54, 1.807) is 13.0 Å². The molecule has 22 heavy (non-hydrogen) atoms. The summed E-state index contributed by atoms with van der Waals surface area (Å²) in [6, 6.07) is 6.07. The molecule has 2 aromatic rings. The van der Waals surface area contributed by atoms with Crippen LogP contribution in [0.2, 0.25) is 0 Å². The van der Waals surface area contributed by atoms with Crippen molar-refractivity contribution in [2.75, 3.05) is 18.0 Å². The zero-order valence-corrected chi connectivity index (χ0v) is 14.0. The third-order valence-corrected chi connectivity index (χ3v) is 4.84. The number of piperazine rings is 1.